The molecular weight excluding hydrogens is 332 g/mol. The summed E-state index contributed by atoms with van der Waals surface area (Å²) in [5, 5.41) is 6.68. The number of hydrazone groups is 1. The average molecular weight is 357 g/mol. The molecule has 7 nitrogen and oxygen atoms in total. The van der Waals surface area contributed by atoms with Crippen LogP contribution in [0.5, 0.6) is 17.2 Å². The number of aromatic amines is 1. The number of nitrogens with one attached hydrogen (secondary N) is 1. The van der Waals surface area contributed by atoms with Crippen molar-refractivity contribution in [2.45, 2.75) is 0 Å². The summed E-state index contributed by atoms with van der Waals surface area (Å²) in [6.45, 7) is 3.55. The Morgan fingerprint density at radius 3 is 2.23 bits per heavy atom. The lowest BCUT2D eigenvalue weighted by atomic mass is 10.2. The smallest absolute Gasteiger partial charge is 0.274 e. The number of benzene rings is 1. The second kappa shape index (κ2) is 8.42. The lowest BCUT2D eigenvalue weighted by Gasteiger charge is -2.28. The van der Waals surface area contributed by atoms with Gasteiger partial charge in [-0.25, -0.2) is 4.98 Å². The zero-order valence-electron chi connectivity index (χ0n) is 15.4. The van der Waals surface area contributed by atoms with E-state index in [0.29, 0.717) is 17.2 Å². The number of methoxy groups -OCH3 is 3. The summed E-state index contributed by atoms with van der Waals surface area (Å²) in [7, 11) is 4.85. The van der Waals surface area contributed by atoms with E-state index in [2.05, 4.69) is 26.1 Å². The van der Waals surface area contributed by atoms with Gasteiger partial charge in [-0.3, -0.25) is 9.91 Å². The fourth-order valence-electron chi connectivity index (χ4n) is 2.93. The van der Waals surface area contributed by atoms with E-state index >= 15 is 0 Å². The summed E-state index contributed by atoms with van der Waals surface area (Å²) < 4.78 is 16.1. The van der Waals surface area contributed by atoms with Crippen molar-refractivity contribution in [3.8, 4) is 17.2 Å². The number of hydrogen-bond donors (Lipinski definition) is 0. The number of H-pyrrole nitrogens is 1. The van der Waals surface area contributed by atoms with Crippen molar-refractivity contribution in [2.75, 3.05) is 52.4 Å². The van der Waals surface area contributed by atoms with Gasteiger partial charge in [0, 0.05) is 17.7 Å². The van der Waals surface area contributed by atoms with Crippen LogP contribution in [0.25, 0.3) is 0 Å². The Kier molecular flexibility index (Phi) is 5.78. The van der Waals surface area contributed by atoms with Crippen LogP contribution < -0.4 is 24.1 Å². The molecule has 138 valence electrons. The third kappa shape index (κ3) is 3.99. The van der Waals surface area contributed by atoms with Gasteiger partial charge in [0.2, 0.25) is 0 Å². The van der Waals surface area contributed by atoms with Crippen LogP contribution in [0.3, 0.4) is 0 Å². The minimum absolute atomic E-state index is 0.634. The monoisotopic (exact) mass is 357 g/mol. The first-order valence-electron chi connectivity index (χ1n) is 8.55. The number of nitrogens with zero attached hydrogens (tertiary/aromatic N) is 3. The molecule has 7 heteroatoms. The highest BCUT2D eigenvalue weighted by molar-refractivity contribution is 5.85. The van der Waals surface area contributed by atoms with Gasteiger partial charge in [-0.05, 0) is 12.1 Å². The predicted octanol–water partition coefficient (Wildman–Crippen LogP) is 1.68. The summed E-state index contributed by atoms with van der Waals surface area (Å²) in [5.74, 6) is 3.12. The van der Waals surface area contributed by atoms with Crippen LogP contribution in [0.2, 0.25) is 0 Å². The maximum atomic E-state index is 5.44. The lowest BCUT2D eigenvalue weighted by molar-refractivity contribution is -0.364. The molecule has 0 spiro atoms. The van der Waals surface area contributed by atoms with Crippen LogP contribution in [-0.2, 0) is 0 Å². The van der Waals surface area contributed by atoms with E-state index in [-0.39, 0.29) is 0 Å². The quantitative estimate of drug-likeness (QED) is 0.736. The molecule has 0 amide bonds. The molecule has 1 saturated heterocycles. The molecule has 2 heterocycles. The molecule has 2 aromatic rings. The van der Waals surface area contributed by atoms with Gasteiger partial charge in [0.1, 0.15) is 18.8 Å². The first-order valence-corrected chi connectivity index (χ1v) is 8.55. The SMILES string of the molecule is COc1cc(OC)c(OC)cc1/C=N\N1CCN(c2cccc[nH+]2)CC1. The Morgan fingerprint density at radius 2 is 1.62 bits per heavy atom. The largest absolute Gasteiger partial charge is 0.496 e. The minimum Gasteiger partial charge on any atom is -0.496 e. The van der Waals surface area contributed by atoms with E-state index in [1.54, 1.807) is 21.3 Å². The van der Waals surface area contributed by atoms with Crippen LogP contribution in [-0.4, -0.2) is 58.7 Å². The van der Waals surface area contributed by atoms with Crippen molar-refractivity contribution in [1.29, 1.82) is 0 Å². The first kappa shape index (κ1) is 17.8. The van der Waals surface area contributed by atoms with E-state index in [1.807, 2.05) is 36.7 Å². The van der Waals surface area contributed by atoms with E-state index < -0.39 is 0 Å². The number of pyridine rings is 1. The van der Waals surface area contributed by atoms with E-state index in [9.17, 15) is 0 Å². The molecule has 1 aromatic heterocycles. The van der Waals surface area contributed by atoms with Gasteiger partial charge >= 0.3 is 0 Å². The number of anilines is 1. The highest BCUT2D eigenvalue weighted by Gasteiger charge is 2.22. The lowest BCUT2D eigenvalue weighted by Crippen LogP contribution is -2.45. The Balaban J connectivity index is 1.67. The highest BCUT2D eigenvalue weighted by Crippen LogP contribution is 2.33. The van der Waals surface area contributed by atoms with Gasteiger partial charge in [0.15, 0.2) is 11.5 Å². The van der Waals surface area contributed by atoms with Gasteiger partial charge in [0.25, 0.3) is 5.82 Å². The van der Waals surface area contributed by atoms with E-state index in [1.165, 1.54) is 0 Å². The predicted molar refractivity (Wildman–Crippen MR) is 100 cm³/mol. The standard InChI is InChI=1S/C19H24N4O3/c1-24-16-13-18(26-3)17(25-2)12-15(16)14-21-23-10-8-22(9-11-23)19-6-4-5-7-20-19/h4-7,12-14H,8-11H2,1-3H3/p+1/b21-14-. The third-order valence-corrected chi connectivity index (χ3v) is 4.39. The molecular formula is C19H25N4O3+. The topological polar surface area (TPSA) is 60.7 Å². The summed E-state index contributed by atoms with van der Waals surface area (Å²) in [4.78, 5) is 5.60. The van der Waals surface area contributed by atoms with Crippen LogP contribution in [0.1, 0.15) is 5.56 Å². The van der Waals surface area contributed by atoms with Gasteiger partial charge in [0.05, 0.1) is 46.8 Å². The Hall–Kier alpha value is -2.96. The Bertz CT molecular complexity index is 744. The van der Waals surface area contributed by atoms with Gasteiger partial charge in [-0.15, -0.1) is 0 Å². The molecule has 0 bridgehead atoms. The molecule has 1 aliphatic heterocycles. The average Bonchev–Trinajstić information content (AvgIpc) is 2.72. The fourth-order valence-corrected chi connectivity index (χ4v) is 2.93. The molecule has 0 radical (unpaired) electrons. The molecule has 1 aromatic carbocycles. The van der Waals surface area contributed by atoms with Crippen LogP contribution in [0.15, 0.2) is 41.6 Å². The molecule has 3 rings (SSSR count). The van der Waals surface area contributed by atoms with Crippen LogP contribution >= 0.6 is 0 Å². The molecule has 26 heavy (non-hydrogen) atoms. The molecule has 0 aliphatic carbocycles. The van der Waals surface area contributed by atoms with E-state index in [0.717, 1.165) is 37.6 Å². The zero-order chi connectivity index (χ0) is 18.4. The Labute approximate surface area is 153 Å². The summed E-state index contributed by atoms with van der Waals surface area (Å²) in [6.07, 6.45) is 3.76. The zero-order valence-corrected chi connectivity index (χ0v) is 15.4. The molecule has 0 atom stereocenters. The second-order valence-corrected chi connectivity index (χ2v) is 5.88. The Morgan fingerprint density at radius 1 is 0.923 bits per heavy atom. The number of piperazine rings is 1. The first-order chi connectivity index (χ1) is 12.7. The maximum Gasteiger partial charge on any atom is 0.274 e. The molecule has 1 aliphatic rings. The van der Waals surface area contributed by atoms with Crippen molar-refractivity contribution < 1.29 is 19.2 Å². The van der Waals surface area contributed by atoms with Gasteiger partial charge in [-0.1, -0.05) is 6.07 Å². The number of ether oxygens (including phenoxy) is 3. The van der Waals surface area contributed by atoms with Crippen molar-refractivity contribution in [2.24, 2.45) is 5.10 Å². The van der Waals surface area contributed by atoms with Gasteiger partial charge in [-0.2, -0.15) is 5.10 Å². The number of aromatic nitrogens is 1. The third-order valence-electron chi connectivity index (χ3n) is 4.39. The number of hydrogen-bond acceptors (Lipinski definition) is 6. The number of rotatable bonds is 6. The summed E-state index contributed by atoms with van der Waals surface area (Å²) in [5.41, 5.74) is 0.851. The van der Waals surface area contributed by atoms with Crippen LogP contribution in [0, 0.1) is 0 Å². The fraction of sp³-hybridized carbons (Fsp3) is 0.368. The van der Waals surface area contributed by atoms with Crippen LogP contribution in [0.4, 0.5) is 5.82 Å². The summed E-state index contributed by atoms with van der Waals surface area (Å²) in [6, 6.07) is 9.80. The van der Waals surface area contributed by atoms with Crippen molar-refractivity contribution in [3.05, 3.63) is 42.1 Å². The molecule has 1 N–H and O–H groups in total. The molecule has 1 fully saturated rings. The highest BCUT2D eigenvalue weighted by atomic mass is 16.5. The minimum atomic E-state index is 0.634. The van der Waals surface area contributed by atoms with Crippen molar-refractivity contribution in [3.63, 3.8) is 0 Å². The van der Waals surface area contributed by atoms with Crippen molar-refractivity contribution >= 4 is 12.0 Å². The second-order valence-electron chi connectivity index (χ2n) is 5.88. The van der Waals surface area contributed by atoms with E-state index in [4.69, 9.17) is 14.2 Å². The molecule has 0 unspecified atom stereocenters. The molecule has 0 saturated carbocycles. The van der Waals surface area contributed by atoms with Crippen molar-refractivity contribution in [1.82, 2.24) is 5.01 Å². The normalized spacial score (nSPS) is 14.6. The summed E-state index contributed by atoms with van der Waals surface area (Å²) >= 11 is 0. The maximum absolute atomic E-state index is 5.44. The van der Waals surface area contributed by atoms with Gasteiger partial charge < -0.3 is 14.2 Å².